The van der Waals surface area contributed by atoms with Crippen LogP contribution in [-0.2, 0) is 11.2 Å². The third kappa shape index (κ3) is 5.32. The van der Waals surface area contributed by atoms with E-state index in [4.69, 9.17) is 9.26 Å². The summed E-state index contributed by atoms with van der Waals surface area (Å²) in [7, 11) is 1.62. The molecule has 0 aliphatic heterocycles. The molecule has 25 heavy (non-hydrogen) atoms. The minimum atomic E-state index is -0.0514. The van der Waals surface area contributed by atoms with E-state index in [2.05, 4.69) is 36.1 Å². The van der Waals surface area contributed by atoms with E-state index in [0.717, 1.165) is 24.4 Å². The number of ether oxygens (including phenoxy) is 1. The first-order chi connectivity index (χ1) is 12.1. The molecule has 1 N–H and O–H groups in total. The van der Waals surface area contributed by atoms with Crippen LogP contribution in [-0.4, -0.2) is 48.7 Å². The average Bonchev–Trinajstić information content (AvgIpc) is 3.09. The minimum absolute atomic E-state index is 0.0514. The molecule has 0 aliphatic carbocycles. The highest BCUT2D eigenvalue weighted by Crippen LogP contribution is 2.24. The molecule has 0 saturated heterocycles. The fourth-order valence-electron chi connectivity index (χ4n) is 2.77. The lowest BCUT2D eigenvalue weighted by atomic mass is 10.1. The van der Waals surface area contributed by atoms with Gasteiger partial charge in [0.1, 0.15) is 5.75 Å². The highest BCUT2D eigenvalue weighted by molar-refractivity contribution is 5.78. The number of hydrogen-bond acceptors (Lipinski definition) is 5. The van der Waals surface area contributed by atoms with Crippen molar-refractivity contribution in [1.82, 2.24) is 15.4 Å². The van der Waals surface area contributed by atoms with E-state index in [1.54, 1.807) is 13.2 Å². The van der Waals surface area contributed by atoms with Crippen LogP contribution in [0, 0.1) is 0 Å². The molecule has 0 spiro atoms. The van der Waals surface area contributed by atoms with Gasteiger partial charge < -0.3 is 14.6 Å². The predicted octanol–water partition coefficient (Wildman–Crippen LogP) is 2.74. The zero-order valence-electron chi connectivity index (χ0n) is 15.4. The summed E-state index contributed by atoms with van der Waals surface area (Å²) in [6.07, 6.45) is 0.207. The summed E-state index contributed by atoms with van der Waals surface area (Å²) in [6, 6.07) is 9.64. The summed E-state index contributed by atoms with van der Waals surface area (Å²) in [6.45, 7) is 8.93. The second-order valence-corrected chi connectivity index (χ2v) is 5.97. The van der Waals surface area contributed by atoms with Gasteiger partial charge in [0.25, 0.3) is 0 Å². The van der Waals surface area contributed by atoms with Crippen LogP contribution in [0.2, 0.25) is 0 Å². The smallest absolute Gasteiger partial charge is 0.226 e. The fourth-order valence-corrected chi connectivity index (χ4v) is 2.77. The van der Waals surface area contributed by atoms with Crippen molar-refractivity contribution >= 4 is 5.91 Å². The summed E-state index contributed by atoms with van der Waals surface area (Å²) in [5.74, 6) is 1.32. The monoisotopic (exact) mass is 345 g/mol. The summed E-state index contributed by atoms with van der Waals surface area (Å²) in [5, 5.41) is 6.96. The normalized spacial score (nSPS) is 12.2. The van der Waals surface area contributed by atoms with Gasteiger partial charge in [0.05, 0.1) is 19.2 Å². The summed E-state index contributed by atoms with van der Waals surface area (Å²) in [4.78, 5) is 14.4. The maximum atomic E-state index is 12.1. The van der Waals surface area contributed by atoms with Crippen LogP contribution in [0.4, 0.5) is 0 Å². The molecular formula is C19H27N3O3. The maximum Gasteiger partial charge on any atom is 0.226 e. The van der Waals surface area contributed by atoms with Crippen LogP contribution in [0.15, 0.2) is 34.9 Å². The molecule has 0 bridgehead atoms. The zero-order chi connectivity index (χ0) is 18.2. The van der Waals surface area contributed by atoms with Gasteiger partial charge in [0.15, 0.2) is 5.76 Å². The van der Waals surface area contributed by atoms with E-state index in [0.29, 0.717) is 24.0 Å². The van der Waals surface area contributed by atoms with E-state index in [1.165, 1.54) is 0 Å². The van der Waals surface area contributed by atoms with Gasteiger partial charge in [-0.2, -0.15) is 0 Å². The first kappa shape index (κ1) is 19.0. The van der Waals surface area contributed by atoms with Crippen molar-refractivity contribution in [2.75, 3.05) is 26.7 Å². The molecule has 1 heterocycles. The SMILES string of the molecule is CCN(CC)C(C)CNC(=O)Cc1cc(-c2cccc(OC)c2)on1. The quantitative estimate of drug-likeness (QED) is 0.757. The molecule has 2 aromatic rings. The van der Waals surface area contributed by atoms with Crippen LogP contribution < -0.4 is 10.1 Å². The van der Waals surface area contributed by atoms with Gasteiger partial charge in [-0.3, -0.25) is 9.69 Å². The summed E-state index contributed by atoms with van der Waals surface area (Å²) in [5.41, 5.74) is 1.49. The molecule has 0 fully saturated rings. The third-order valence-corrected chi connectivity index (χ3v) is 4.29. The Balaban J connectivity index is 1.91. The fraction of sp³-hybridized carbons (Fsp3) is 0.474. The Morgan fingerprint density at radius 3 is 2.76 bits per heavy atom. The molecule has 1 aromatic carbocycles. The van der Waals surface area contributed by atoms with Crippen molar-refractivity contribution < 1.29 is 14.1 Å². The van der Waals surface area contributed by atoms with Crippen LogP contribution in [0.5, 0.6) is 5.75 Å². The second kappa shape index (κ2) is 9.22. The standard InChI is InChI=1S/C19H27N3O3/c1-5-22(6-2)14(3)13-20-19(23)12-16-11-18(25-21-16)15-8-7-9-17(10-15)24-4/h7-11,14H,5-6,12-13H2,1-4H3,(H,20,23). The molecule has 1 aromatic heterocycles. The third-order valence-electron chi connectivity index (χ3n) is 4.29. The number of likely N-dealkylation sites (N-methyl/N-ethyl adjacent to an activating group) is 1. The summed E-state index contributed by atoms with van der Waals surface area (Å²) < 4.78 is 10.6. The number of carbonyl (C=O) groups is 1. The Labute approximate surface area is 149 Å². The molecule has 136 valence electrons. The largest absolute Gasteiger partial charge is 0.497 e. The number of methoxy groups -OCH3 is 1. The Morgan fingerprint density at radius 2 is 2.08 bits per heavy atom. The van der Waals surface area contributed by atoms with Crippen molar-refractivity contribution in [3.8, 4) is 17.1 Å². The Hall–Kier alpha value is -2.34. The molecule has 0 radical (unpaired) electrons. The van der Waals surface area contributed by atoms with Crippen LogP contribution in [0.3, 0.4) is 0 Å². The van der Waals surface area contributed by atoms with Crippen LogP contribution in [0.25, 0.3) is 11.3 Å². The number of carbonyl (C=O) groups excluding carboxylic acids is 1. The van der Waals surface area contributed by atoms with Gasteiger partial charge in [-0.25, -0.2) is 0 Å². The zero-order valence-corrected chi connectivity index (χ0v) is 15.4. The molecule has 1 amide bonds. The Bertz CT molecular complexity index is 680. The van der Waals surface area contributed by atoms with Crippen molar-refractivity contribution in [3.63, 3.8) is 0 Å². The lowest BCUT2D eigenvalue weighted by Gasteiger charge is -2.26. The summed E-state index contributed by atoms with van der Waals surface area (Å²) >= 11 is 0. The van der Waals surface area contributed by atoms with Gasteiger partial charge in [-0.05, 0) is 32.1 Å². The average molecular weight is 345 g/mol. The van der Waals surface area contributed by atoms with Crippen molar-refractivity contribution in [2.24, 2.45) is 0 Å². The van der Waals surface area contributed by atoms with Crippen LogP contribution >= 0.6 is 0 Å². The molecule has 0 saturated carbocycles. The maximum absolute atomic E-state index is 12.1. The van der Waals surface area contributed by atoms with Gasteiger partial charge in [0.2, 0.25) is 5.91 Å². The number of hydrogen-bond donors (Lipinski definition) is 1. The molecule has 6 heteroatoms. The number of amides is 1. The molecule has 6 nitrogen and oxygen atoms in total. The first-order valence-electron chi connectivity index (χ1n) is 8.68. The highest BCUT2D eigenvalue weighted by atomic mass is 16.5. The lowest BCUT2D eigenvalue weighted by Crippen LogP contribution is -2.42. The van der Waals surface area contributed by atoms with Gasteiger partial charge in [0, 0.05) is 24.2 Å². The van der Waals surface area contributed by atoms with Crippen molar-refractivity contribution in [3.05, 3.63) is 36.0 Å². The topological polar surface area (TPSA) is 67.6 Å². The predicted molar refractivity (Wildman–Crippen MR) is 97.6 cm³/mol. The van der Waals surface area contributed by atoms with E-state index in [9.17, 15) is 4.79 Å². The van der Waals surface area contributed by atoms with E-state index < -0.39 is 0 Å². The lowest BCUT2D eigenvalue weighted by molar-refractivity contribution is -0.120. The first-order valence-corrected chi connectivity index (χ1v) is 8.68. The highest BCUT2D eigenvalue weighted by Gasteiger charge is 2.14. The van der Waals surface area contributed by atoms with E-state index in [-0.39, 0.29) is 12.3 Å². The Morgan fingerprint density at radius 1 is 1.32 bits per heavy atom. The number of nitrogens with one attached hydrogen (secondary N) is 1. The van der Waals surface area contributed by atoms with E-state index in [1.807, 2.05) is 24.3 Å². The van der Waals surface area contributed by atoms with Crippen molar-refractivity contribution in [1.29, 1.82) is 0 Å². The number of benzene rings is 1. The van der Waals surface area contributed by atoms with Crippen molar-refractivity contribution in [2.45, 2.75) is 33.2 Å². The minimum Gasteiger partial charge on any atom is -0.497 e. The van der Waals surface area contributed by atoms with Gasteiger partial charge >= 0.3 is 0 Å². The van der Waals surface area contributed by atoms with Crippen LogP contribution in [0.1, 0.15) is 26.5 Å². The molecule has 1 unspecified atom stereocenters. The number of rotatable bonds is 9. The number of aromatic nitrogens is 1. The molecule has 0 aliphatic rings. The van der Waals surface area contributed by atoms with E-state index >= 15 is 0 Å². The second-order valence-electron chi connectivity index (χ2n) is 5.97. The molecule has 1 atom stereocenters. The molecule has 2 rings (SSSR count). The Kier molecular flexibility index (Phi) is 7.01. The van der Waals surface area contributed by atoms with Gasteiger partial charge in [-0.15, -0.1) is 0 Å². The number of nitrogens with zero attached hydrogens (tertiary/aromatic N) is 2. The van der Waals surface area contributed by atoms with Gasteiger partial charge in [-0.1, -0.05) is 31.1 Å². The molecular weight excluding hydrogens is 318 g/mol.